The van der Waals surface area contributed by atoms with Gasteiger partial charge in [0, 0.05) is 39.5 Å². The summed E-state index contributed by atoms with van der Waals surface area (Å²) in [7, 11) is 6.56. The number of aliphatic imine (C=N–C) groups is 1. The van der Waals surface area contributed by atoms with Crippen LogP contribution in [-0.2, 0) is 47.5 Å². The van der Waals surface area contributed by atoms with Gasteiger partial charge in [-0.1, -0.05) is 20.8 Å². The summed E-state index contributed by atoms with van der Waals surface area (Å²) in [5.74, 6) is -2.88. The highest BCUT2D eigenvalue weighted by Gasteiger charge is 2.55. The molecule has 4 saturated heterocycles. The molecule has 0 aromatic heterocycles. The molecule has 0 aliphatic carbocycles. The first-order chi connectivity index (χ1) is 29.0. The number of ether oxygens (including phenoxy) is 9. The lowest BCUT2D eigenvalue weighted by Crippen LogP contribution is -2.60. The minimum atomic E-state index is -1.96. The van der Waals surface area contributed by atoms with Crippen LogP contribution in [-0.4, -0.2) is 157 Å². The molecule has 4 N–H and O–H groups in total. The van der Waals surface area contributed by atoms with Crippen LogP contribution >= 0.6 is 0 Å². The van der Waals surface area contributed by atoms with E-state index in [4.69, 9.17) is 47.6 Å². The Kier molecular flexibility index (Phi) is 16.0. The minimum Gasteiger partial charge on any atom is -0.497 e. The molecule has 17 heteroatoms. The Hall–Kier alpha value is -3.13. The van der Waals surface area contributed by atoms with E-state index in [1.165, 1.54) is 21.1 Å². The third-order valence-electron chi connectivity index (χ3n) is 13.8. The Morgan fingerprint density at radius 1 is 0.887 bits per heavy atom. The largest absolute Gasteiger partial charge is 0.497 e. The summed E-state index contributed by atoms with van der Waals surface area (Å²) < 4.78 is 57.0. The summed E-state index contributed by atoms with van der Waals surface area (Å²) >= 11 is 0. The van der Waals surface area contributed by atoms with E-state index >= 15 is 0 Å². The lowest BCUT2D eigenvalue weighted by atomic mass is 9.77. The van der Waals surface area contributed by atoms with Gasteiger partial charge in [-0.25, -0.2) is 0 Å². The predicted octanol–water partition coefficient (Wildman–Crippen LogP) is 3.84. The molecule has 352 valence electrons. The maximum absolute atomic E-state index is 14.5. The molecule has 0 radical (unpaired) electrons. The third-order valence-corrected chi connectivity index (χ3v) is 13.8. The van der Waals surface area contributed by atoms with Crippen molar-refractivity contribution in [3.05, 3.63) is 24.3 Å². The number of methoxy groups -OCH3 is 3. The number of esters is 1. The zero-order valence-electron chi connectivity index (χ0n) is 39.0. The highest BCUT2D eigenvalue weighted by Crippen LogP contribution is 2.42. The lowest BCUT2D eigenvalue weighted by molar-refractivity contribution is -0.315. The van der Waals surface area contributed by atoms with Crippen LogP contribution in [0.15, 0.2) is 29.3 Å². The van der Waals surface area contributed by atoms with E-state index in [-0.39, 0.29) is 31.4 Å². The van der Waals surface area contributed by atoms with Gasteiger partial charge in [-0.05, 0) is 92.0 Å². The zero-order valence-corrected chi connectivity index (χ0v) is 39.0. The van der Waals surface area contributed by atoms with Gasteiger partial charge in [0.1, 0.15) is 29.7 Å². The number of amidine groups is 1. The van der Waals surface area contributed by atoms with Crippen LogP contribution in [0.25, 0.3) is 0 Å². The fourth-order valence-electron chi connectivity index (χ4n) is 9.62. The number of carbonyl (C=O) groups excluding carboxylic acids is 2. The molecule has 4 heterocycles. The minimum absolute atomic E-state index is 0.110. The average Bonchev–Trinajstić information content (AvgIpc) is 3.55. The monoisotopic (exact) mass is 880 g/mol. The summed E-state index contributed by atoms with van der Waals surface area (Å²) in [4.78, 5) is 35.2. The number of amides is 1. The molecule has 4 aliphatic heterocycles. The Labute approximate surface area is 367 Å². The van der Waals surface area contributed by atoms with Gasteiger partial charge in [-0.3, -0.25) is 9.59 Å². The maximum Gasteiger partial charge on any atom is 0.311 e. The number of nitrogens with one attached hydrogen (secondary N) is 1. The smallest absolute Gasteiger partial charge is 0.311 e. The fraction of sp³-hybridized carbons (Fsp3) is 0.800. The van der Waals surface area contributed by atoms with Gasteiger partial charge in [0.05, 0.1) is 66.4 Å². The van der Waals surface area contributed by atoms with E-state index in [0.717, 1.165) is 0 Å². The fourth-order valence-corrected chi connectivity index (χ4v) is 9.62. The number of nitrogens with zero attached hydrogens (tertiary/aromatic N) is 2. The first-order valence-corrected chi connectivity index (χ1v) is 22.0. The maximum atomic E-state index is 14.5. The van der Waals surface area contributed by atoms with Gasteiger partial charge in [0.15, 0.2) is 18.7 Å². The SMILES string of the molecule is CCC1OC(=O)[C@H](C)[C@@H](O[C@H]2C[C@@](C)(OC)[C@@H](O)[C@H](C)O2)[C@H](C)[C@@H](O[C@@H]2O[C@H](C)C[C@H]3[C@H]2OC(=Nc2ccc(OC)cc2)N3C)[C@](C)(OC)C[C@@H](C)C(=O)N[C@H](C)[C@@H](O)[C@]1(C)O. The van der Waals surface area contributed by atoms with Gasteiger partial charge in [0.25, 0.3) is 6.02 Å². The third kappa shape index (κ3) is 10.4. The average molecular weight is 880 g/mol. The van der Waals surface area contributed by atoms with E-state index in [1.807, 2.05) is 57.0 Å². The number of likely N-dealkylation sites (N-methyl/N-ethyl adjacent to an activating group) is 1. The lowest BCUT2D eigenvalue weighted by Gasteiger charge is -2.49. The van der Waals surface area contributed by atoms with Crippen LogP contribution in [0.3, 0.4) is 0 Å². The molecule has 0 saturated carbocycles. The first-order valence-electron chi connectivity index (χ1n) is 22.0. The normalized spacial score (nSPS) is 44.4. The Morgan fingerprint density at radius 2 is 1.53 bits per heavy atom. The van der Waals surface area contributed by atoms with Crippen LogP contribution in [0.5, 0.6) is 5.75 Å². The number of benzene rings is 1. The number of aliphatic hydroxyl groups excluding tert-OH is 2. The van der Waals surface area contributed by atoms with Crippen LogP contribution < -0.4 is 10.1 Å². The van der Waals surface area contributed by atoms with Crippen LogP contribution in [0, 0.1) is 17.8 Å². The molecular formula is C45H73N3O14. The van der Waals surface area contributed by atoms with Crippen LogP contribution in [0.1, 0.15) is 94.9 Å². The topological polar surface area (TPSA) is 206 Å². The second-order valence-corrected chi connectivity index (χ2v) is 18.6. The summed E-state index contributed by atoms with van der Waals surface area (Å²) in [6, 6.07) is 6.57. The number of hydrogen-bond acceptors (Lipinski definition) is 15. The number of carbonyl (C=O) groups is 2. The number of hydrogen-bond donors (Lipinski definition) is 4. The van der Waals surface area contributed by atoms with Gasteiger partial charge < -0.3 is 68.2 Å². The van der Waals surface area contributed by atoms with Crippen molar-refractivity contribution < 1.29 is 67.5 Å². The molecule has 0 bridgehead atoms. The molecule has 1 unspecified atom stereocenters. The highest BCUT2D eigenvalue weighted by molar-refractivity contribution is 5.80. The Bertz CT molecular complexity index is 1700. The number of rotatable bonds is 9. The van der Waals surface area contributed by atoms with Crippen molar-refractivity contribution in [3.63, 3.8) is 0 Å². The highest BCUT2D eigenvalue weighted by atomic mass is 16.7. The van der Waals surface area contributed by atoms with Crippen molar-refractivity contribution in [2.75, 3.05) is 28.4 Å². The van der Waals surface area contributed by atoms with E-state index in [1.54, 1.807) is 48.7 Å². The number of fused-ring (bicyclic) bond motifs is 1. The molecule has 1 aromatic rings. The molecule has 62 heavy (non-hydrogen) atoms. The zero-order chi connectivity index (χ0) is 46.1. The molecule has 4 aliphatic rings. The van der Waals surface area contributed by atoms with Crippen molar-refractivity contribution in [3.8, 4) is 5.75 Å². The second kappa shape index (κ2) is 19.9. The van der Waals surface area contributed by atoms with Gasteiger partial charge in [-0.2, -0.15) is 4.99 Å². The van der Waals surface area contributed by atoms with Crippen molar-refractivity contribution in [2.45, 2.75) is 185 Å². The first kappa shape index (κ1) is 49.9. The molecule has 17 nitrogen and oxygen atoms in total. The van der Waals surface area contributed by atoms with Crippen molar-refractivity contribution >= 4 is 23.6 Å². The molecule has 0 spiro atoms. The molecular weight excluding hydrogens is 807 g/mol. The van der Waals surface area contributed by atoms with E-state index in [0.29, 0.717) is 23.9 Å². The quantitative estimate of drug-likeness (QED) is 0.260. The van der Waals surface area contributed by atoms with Crippen molar-refractivity contribution in [1.29, 1.82) is 0 Å². The molecule has 5 rings (SSSR count). The van der Waals surface area contributed by atoms with Gasteiger partial charge in [-0.15, -0.1) is 0 Å². The molecule has 1 aromatic carbocycles. The van der Waals surface area contributed by atoms with E-state index in [9.17, 15) is 24.9 Å². The summed E-state index contributed by atoms with van der Waals surface area (Å²) in [6.07, 6.45) is -8.23. The standard InChI is InChI=1S/C45H73N3O14/c1-15-32-45(10,53)36(49)27(6)46-39(51)23(2)21-44(9,56-14)38(25(4)34(26(5)40(52)59-32)60-33-22-43(8,55-13)37(50)28(7)58-33)62-41-35-31(20-24(3)57-41)48(11)42(61-35)47-29-16-18-30(54-12)19-17-29/h16-19,23-28,31-38,41,49-50,53H,15,20-22H2,1-14H3,(H,46,51)/t23-,24-,25+,26-,27-,28+,31+,32?,33+,34+,35-,36-,37+,38-,41+,43-,44-,45-/m1/s1. The molecule has 4 fully saturated rings. The number of aliphatic hydroxyl groups is 3. The predicted molar refractivity (Wildman–Crippen MR) is 228 cm³/mol. The second-order valence-electron chi connectivity index (χ2n) is 18.6. The summed E-state index contributed by atoms with van der Waals surface area (Å²) in [6.45, 7) is 17.3. The Balaban J connectivity index is 1.61. The van der Waals surface area contributed by atoms with Crippen molar-refractivity contribution in [1.82, 2.24) is 10.2 Å². The van der Waals surface area contributed by atoms with E-state index < -0.39 is 108 Å². The van der Waals surface area contributed by atoms with Gasteiger partial charge in [0.2, 0.25) is 5.91 Å². The summed E-state index contributed by atoms with van der Waals surface area (Å²) in [5.41, 5.74) is -3.60. The van der Waals surface area contributed by atoms with E-state index in [2.05, 4.69) is 5.32 Å². The molecule has 1 amide bonds. The number of cyclic esters (lactones) is 1. The van der Waals surface area contributed by atoms with Crippen LogP contribution in [0.2, 0.25) is 0 Å². The van der Waals surface area contributed by atoms with Gasteiger partial charge >= 0.3 is 5.97 Å². The molecule has 18 atom stereocenters. The van der Waals surface area contributed by atoms with Crippen LogP contribution in [0.4, 0.5) is 5.69 Å². The van der Waals surface area contributed by atoms with Crippen molar-refractivity contribution in [2.24, 2.45) is 22.7 Å². The Morgan fingerprint density at radius 3 is 2.13 bits per heavy atom. The summed E-state index contributed by atoms with van der Waals surface area (Å²) in [5, 5.41) is 37.1.